The minimum Gasteiger partial charge on any atom is -0.292 e. The van der Waals surface area contributed by atoms with Gasteiger partial charge in [0, 0.05) is 16.8 Å². The third kappa shape index (κ3) is 6.34. The van der Waals surface area contributed by atoms with Crippen LogP contribution in [0.3, 0.4) is 0 Å². The van der Waals surface area contributed by atoms with E-state index < -0.39 is 23.6 Å². The van der Waals surface area contributed by atoms with Gasteiger partial charge in [-0.05, 0) is 62.7 Å². The zero-order valence-electron chi connectivity index (χ0n) is 18.0. The zero-order valence-corrected chi connectivity index (χ0v) is 18.0. The van der Waals surface area contributed by atoms with E-state index in [1.165, 1.54) is 13.0 Å². The van der Waals surface area contributed by atoms with Crippen molar-refractivity contribution in [3.8, 4) is 0 Å². The highest BCUT2D eigenvalue weighted by atomic mass is 19.4. The van der Waals surface area contributed by atoms with Crippen molar-refractivity contribution in [2.45, 2.75) is 67.0 Å². The Morgan fingerprint density at radius 2 is 1.76 bits per heavy atom. The Labute approximate surface area is 171 Å². The van der Waals surface area contributed by atoms with Gasteiger partial charge in [0.05, 0.1) is 5.57 Å². The van der Waals surface area contributed by atoms with Gasteiger partial charge >= 0.3 is 6.18 Å². The maximum Gasteiger partial charge on any atom is 0.416 e. The highest BCUT2D eigenvalue weighted by Crippen LogP contribution is 2.31. The van der Waals surface area contributed by atoms with Crippen LogP contribution in [0, 0.1) is 11.8 Å². The van der Waals surface area contributed by atoms with Crippen LogP contribution in [-0.2, 0) is 9.59 Å². The number of rotatable bonds is 9. The lowest BCUT2D eigenvalue weighted by Crippen LogP contribution is -2.44. The Bertz CT molecular complexity index is 759. The fourth-order valence-electron chi connectivity index (χ4n) is 2.83. The molecule has 0 aromatic rings. The van der Waals surface area contributed by atoms with Crippen molar-refractivity contribution in [1.82, 2.24) is 10.4 Å². The molecule has 1 atom stereocenters. The Morgan fingerprint density at radius 1 is 1.17 bits per heavy atom. The van der Waals surface area contributed by atoms with E-state index >= 15 is 0 Å². The van der Waals surface area contributed by atoms with Gasteiger partial charge < -0.3 is 0 Å². The molecule has 7 heteroatoms. The van der Waals surface area contributed by atoms with Gasteiger partial charge in [-0.25, -0.2) is 0 Å². The van der Waals surface area contributed by atoms with Crippen molar-refractivity contribution >= 4 is 11.8 Å². The molecule has 0 bridgehead atoms. The van der Waals surface area contributed by atoms with E-state index in [0.29, 0.717) is 35.6 Å². The van der Waals surface area contributed by atoms with Crippen molar-refractivity contribution < 1.29 is 22.8 Å². The van der Waals surface area contributed by atoms with E-state index in [1.807, 2.05) is 27.7 Å². The molecule has 0 saturated heterocycles. The van der Waals surface area contributed by atoms with Gasteiger partial charge in [0.1, 0.15) is 0 Å². The van der Waals surface area contributed by atoms with E-state index in [4.69, 9.17) is 0 Å². The molecule has 0 saturated carbocycles. The topological polar surface area (TPSA) is 49.4 Å². The first-order valence-corrected chi connectivity index (χ1v) is 9.81. The van der Waals surface area contributed by atoms with Crippen LogP contribution in [0.2, 0.25) is 0 Å². The van der Waals surface area contributed by atoms with Gasteiger partial charge in [-0.15, -0.1) is 0 Å². The first-order chi connectivity index (χ1) is 13.3. The van der Waals surface area contributed by atoms with Crippen molar-refractivity contribution in [1.29, 1.82) is 0 Å². The summed E-state index contributed by atoms with van der Waals surface area (Å²) in [5.41, 5.74) is 2.99. The first kappa shape index (κ1) is 24.7. The summed E-state index contributed by atoms with van der Waals surface area (Å²) in [6, 6.07) is 0. The number of alkyl halides is 3. The van der Waals surface area contributed by atoms with E-state index in [0.717, 1.165) is 17.5 Å². The number of imide groups is 1. The fourth-order valence-corrected chi connectivity index (χ4v) is 2.83. The molecule has 0 fully saturated rings. The van der Waals surface area contributed by atoms with Crippen molar-refractivity contribution in [3.05, 3.63) is 46.7 Å². The highest BCUT2D eigenvalue weighted by Gasteiger charge is 2.37. The third-order valence-electron chi connectivity index (χ3n) is 4.99. The second-order valence-corrected chi connectivity index (χ2v) is 7.88. The van der Waals surface area contributed by atoms with Gasteiger partial charge in [0.15, 0.2) is 0 Å². The lowest BCUT2D eigenvalue weighted by atomic mass is 10.0. The molecule has 1 aliphatic rings. The van der Waals surface area contributed by atoms with Gasteiger partial charge in [-0.2, -0.15) is 18.2 Å². The molecule has 29 heavy (non-hydrogen) atoms. The van der Waals surface area contributed by atoms with Crippen LogP contribution in [0.5, 0.6) is 0 Å². The van der Waals surface area contributed by atoms with Crippen molar-refractivity contribution in [3.63, 3.8) is 0 Å². The van der Waals surface area contributed by atoms with Crippen LogP contribution >= 0.6 is 0 Å². The van der Waals surface area contributed by atoms with E-state index in [1.54, 1.807) is 6.92 Å². The van der Waals surface area contributed by atoms with Crippen LogP contribution in [0.15, 0.2) is 46.7 Å². The molecule has 162 valence electrons. The van der Waals surface area contributed by atoms with Crippen molar-refractivity contribution in [2.24, 2.45) is 11.8 Å². The molecule has 1 unspecified atom stereocenters. The Kier molecular flexibility index (Phi) is 8.48. The van der Waals surface area contributed by atoms with Gasteiger partial charge in [0.2, 0.25) is 0 Å². The van der Waals surface area contributed by atoms with Gasteiger partial charge in [0.25, 0.3) is 11.8 Å². The number of carbonyl (C=O) groups is 2. The first-order valence-electron chi connectivity index (χ1n) is 9.81. The summed E-state index contributed by atoms with van der Waals surface area (Å²) in [6.45, 7) is 14.0. The summed E-state index contributed by atoms with van der Waals surface area (Å²) in [5.74, 6) is -0.722. The average Bonchev–Trinajstić information content (AvgIpc) is 2.80. The molecule has 1 rings (SSSR count). The molecule has 1 N–H and O–H groups in total. The van der Waals surface area contributed by atoms with E-state index in [2.05, 4.69) is 12.0 Å². The smallest absolute Gasteiger partial charge is 0.292 e. The lowest BCUT2D eigenvalue weighted by molar-refractivity contribution is -0.140. The quantitative estimate of drug-likeness (QED) is 0.396. The van der Waals surface area contributed by atoms with Crippen LogP contribution in [-0.4, -0.2) is 23.0 Å². The molecular weight excluding hydrogens is 381 g/mol. The summed E-state index contributed by atoms with van der Waals surface area (Å²) >= 11 is 0. The number of hydrazine groups is 1. The second-order valence-electron chi connectivity index (χ2n) is 7.88. The molecule has 0 aromatic carbocycles. The molecular formula is C22H31F3N2O2. The van der Waals surface area contributed by atoms with Crippen LogP contribution in [0.4, 0.5) is 13.2 Å². The molecule has 0 spiro atoms. The number of nitrogens with zero attached hydrogens (tertiary/aromatic N) is 1. The summed E-state index contributed by atoms with van der Waals surface area (Å²) in [6.07, 6.45) is -0.462. The second kappa shape index (κ2) is 9.94. The minimum atomic E-state index is -4.54. The Balaban J connectivity index is 3.19. The number of hydrogen-bond acceptors (Lipinski definition) is 3. The molecule has 1 heterocycles. The highest BCUT2D eigenvalue weighted by molar-refractivity contribution is 6.18. The number of allylic oxidation sites excluding steroid dienone is 5. The molecule has 4 nitrogen and oxygen atoms in total. The number of nitrogens with one attached hydrogen (secondary N) is 1. The average molecular weight is 412 g/mol. The van der Waals surface area contributed by atoms with Crippen LogP contribution in [0.25, 0.3) is 0 Å². The summed E-state index contributed by atoms with van der Waals surface area (Å²) in [4.78, 5) is 25.3. The van der Waals surface area contributed by atoms with Gasteiger partial charge in [-0.3, -0.25) is 15.0 Å². The summed E-state index contributed by atoms with van der Waals surface area (Å²) in [7, 11) is 0. The number of amides is 2. The standard InChI is InChI=1S/C22H31F3N2O2/c1-8-15(6)19(12-11-18(14(4)5)22(23,24)25)26-27-20(28)16(7)17(21(27)29)10-9-13(2)3/h11-13,15,26H,4,8-10H2,1-3,5-7H3/b18-11+,19-12+. The predicted molar refractivity (Wildman–Crippen MR) is 108 cm³/mol. The molecule has 0 aliphatic carbocycles. The fraction of sp³-hybridized carbons (Fsp3) is 0.545. The zero-order chi connectivity index (χ0) is 22.5. The predicted octanol–water partition coefficient (Wildman–Crippen LogP) is 5.61. The normalized spacial score (nSPS) is 17.5. The Morgan fingerprint density at radius 3 is 2.21 bits per heavy atom. The molecule has 1 aliphatic heterocycles. The third-order valence-corrected chi connectivity index (χ3v) is 4.99. The SMILES string of the molecule is C=C(C)/C(=C\C=C(\NN1C(=O)C(C)=C(CCC(C)C)C1=O)C(C)CC)C(F)(F)F. The number of halogens is 3. The largest absolute Gasteiger partial charge is 0.416 e. The monoisotopic (exact) mass is 412 g/mol. The molecule has 0 aromatic heterocycles. The van der Waals surface area contributed by atoms with E-state index in [9.17, 15) is 22.8 Å². The summed E-state index contributed by atoms with van der Waals surface area (Å²) < 4.78 is 39.5. The van der Waals surface area contributed by atoms with Crippen molar-refractivity contribution in [2.75, 3.05) is 0 Å². The maximum atomic E-state index is 13.2. The minimum absolute atomic E-state index is 0.112. The van der Waals surface area contributed by atoms with Crippen LogP contribution < -0.4 is 5.43 Å². The maximum absolute atomic E-state index is 13.2. The Hall–Kier alpha value is -2.31. The number of hydrogen-bond donors (Lipinski definition) is 1. The summed E-state index contributed by atoms with van der Waals surface area (Å²) in [5, 5.41) is 0.908. The number of carbonyl (C=O) groups excluding carboxylic acids is 2. The van der Waals surface area contributed by atoms with E-state index in [-0.39, 0.29) is 11.5 Å². The van der Waals surface area contributed by atoms with Gasteiger partial charge in [-0.1, -0.05) is 34.3 Å². The van der Waals surface area contributed by atoms with Crippen LogP contribution in [0.1, 0.15) is 60.8 Å². The molecule has 2 amide bonds. The molecule has 0 radical (unpaired) electrons. The lowest BCUT2D eigenvalue weighted by Gasteiger charge is -2.23.